The molecule has 1 saturated heterocycles. The summed E-state index contributed by atoms with van der Waals surface area (Å²) in [6.45, 7) is 6.98. The highest BCUT2D eigenvalue weighted by Gasteiger charge is 2.28. The molecule has 1 aliphatic heterocycles. The summed E-state index contributed by atoms with van der Waals surface area (Å²) in [6.07, 6.45) is 1.62. The number of benzene rings is 1. The number of hydrogen-bond donors (Lipinski definition) is 2. The van der Waals surface area contributed by atoms with Crippen molar-refractivity contribution in [1.82, 2.24) is 15.2 Å². The summed E-state index contributed by atoms with van der Waals surface area (Å²) in [5.74, 6) is -0.219. The van der Waals surface area contributed by atoms with Crippen molar-refractivity contribution in [1.29, 1.82) is 0 Å². The van der Waals surface area contributed by atoms with Gasteiger partial charge < -0.3 is 15.2 Å². The Morgan fingerprint density at radius 3 is 2.65 bits per heavy atom. The van der Waals surface area contributed by atoms with E-state index >= 15 is 0 Å². The average molecular weight is 359 g/mol. The van der Waals surface area contributed by atoms with Crippen LogP contribution in [-0.4, -0.2) is 40.8 Å². The molecule has 0 saturated carbocycles. The van der Waals surface area contributed by atoms with Crippen LogP contribution in [0.5, 0.6) is 0 Å². The highest BCUT2D eigenvalue weighted by atomic mass is 19.1. The number of likely N-dealkylation sites (tertiary alicyclic amines) is 1. The minimum Gasteiger partial charge on any atom is -0.358 e. The van der Waals surface area contributed by atoms with E-state index in [-0.39, 0.29) is 36.0 Å². The van der Waals surface area contributed by atoms with Crippen LogP contribution in [0.2, 0.25) is 0 Å². The number of nitrogens with one attached hydrogen (secondary N) is 2. The molecule has 6 heteroatoms. The summed E-state index contributed by atoms with van der Waals surface area (Å²) < 4.78 is 13.6. The topological polar surface area (TPSA) is 65.2 Å². The van der Waals surface area contributed by atoms with Gasteiger partial charge in [-0.1, -0.05) is 0 Å². The van der Waals surface area contributed by atoms with Crippen molar-refractivity contribution >= 4 is 22.7 Å². The van der Waals surface area contributed by atoms with Crippen LogP contribution in [-0.2, 0) is 16.0 Å². The maximum atomic E-state index is 13.6. The Bertz CT molecular complexity index is 820. The molecule has 0 unspecified atom stereocenters. The molecule has 0 radical (unpaired) electrons. The summed E-state index contributed by atoms with van der Waals surface area (Å²) in [7, 11) is 0. The fraction of sp³-hybridized carbons (Fsp3) is 0.500. The number of aryl methyl sites for hydroxylation is 1. The zero-order chi connectivity index (χ0) is 18.8. The van der Waals surface area contributed by atoms with Crippen molar-refractivity contribution in [2.24, 2.45) is 5.92 Å². The predicted octanol–water partition coefficient (Wildman–Crippen LogP) is 2.92. The van der Waals surface area contributed by atoms with Gasteiger partial charge in [-0.15, -0.1) is 0 Å². The number of nitrogens with zero attached hydrogens (tertiary/aromatic N) is 1. The van der Waals surface area contributed by atoms with Gasteiger partial charge in [0.1, 0.15) is 5.82 Å². The number of fused-ring (bicyclic) bond motifs is 1. The van der Waals surface area contributed by atoms with Crippen LogP contribution in [0, 0.1) is 18.7 Å². The van der Waals surface area contributed by atoms with Crippen molar-refractivity contribution in [3.8, 4) is 0 Å². The van der Waals surface area contributed by atoms with Crippen LogP contribution in [0.3, 0.4) is 0 Å². The number of carbonyl (C=O) groups excluding carboxylic acids is 2. The lowest BCUT2D eigenvalue weighted by Crippen LogP contribution is -2.44. The van der Waals surface area contributed by atoms with Crippen LogP contribution >= 0.6 is 0 Å². The molecule has 1 aliphatic rings. The number of H-pyrrole nitrogens is 1. The standard InChI is InChI=1S/C20H26FN3O2/c1-12(2)22-20(26)14-6-8-24(9-7-14)19(25)11-16-13(3)23-18-5-4-15(21)10-17(16)18/h4-5,10,12,14,23H,6-9,11H2,1-3H3,(H,22,26). The number of rotatable bonds is 4. The molecule has 26 heavy (non-hydrogen) atoms. The van der Waals surface area contributed by atoms with Crippen molar-refractivity contribution < 1.29 is 14.0 Å². The molecule has 1 fully saturated rings. The average Bonchev–Trinajstić information content (AvgIpc) is 2.89. The maximum absolute atomic E-state index is 13.6. The summed E-state index contributed by atoms with van der Waals surface area (Å²) in [6, 6.07) is 4.72. The highest BCUT2D eigenvalue weighted by molar-refractivity contribution is 5.90. The second-order valence-electron chi connectivity index (χ2n) is 7.41. The van der Waals surface area contributed by atoms with Crippen LogP contribution < -0.4 is 5.32 Å². The molecule has 3 rings (SSSR count). The van der Waals surface area contributed by atoms with Gasteiger partial charge in [0.2, 0.25) is 11.8 Å². The third-order valence-corrected chi connectivity index (χ3v) is 5.06. The van der Waals surface area contributed by atoms with E-state index in [0.717, 1.165) is 22.2 Å². The van der Waals surface area contributed by atoms with Gasteiger partial charge in [-0.25, -0.2) is 4.39 Å². The van der Waals surface area contributed by atoms with Crippen molar-refractivity contribution in [3.05, 3.63) is 35.3 Å². The molecule has 2 heterocycles. The van der Waals surface area contributed by atoms with E-state index in [1.54, 1.807) is 6.07 Å². The van der Waals surface area contributed by atoms with Crippen LogP contribution in [0.15, 0.2) is 18.2 Å². The largest absolute Gasteiger partial charge is 0.358 e. The van der Waals surface area contributed by atoms with Crippen molar-refractivity contribution in [2.75, 3.05) is 13.1 Å². The minimum absolute atomic E-state index is 0.0228. The fourth-order valence-corrected chi connectivity index (χ4v) is 3.64. The first kappa shape index (κ1) is 18.4. The summed E-state index contributed by atoms with van der Waals surface area (Å²) >= 11 is 0. The number of piperidine rings is 1. The zero-order valence-corrected chi connectivity index (χ0v) is 15.6. The molecule has 140 valence electrons. The van der Waals surface area contributed by atoms with Gasteiger partial charge >= 0.3 is 0 Å². The number of aromatic amines is 1. The van der Waals surface area contributed by atoms with E-state index in [4.69, 9.17) is 0 Å². The third-order valence-electron chi connectivity index (χ3n) is 5.06. The first-order chi connectivity index (χ1) is 12.3. The van der Waals surface area contributed by atoms with Gasteiger partial charge in [-0.05, 0) is 57.4 Å². The fourth-order valence-electron chi connectivity index (χ4n) is 3.64. The maximum Gasteiger partial charge on any atom is 0.227 e. The van der Waals surface area contributed by atoms with Gasteiger partial charge in [-0.3, -0.25) is 9.59 Å². The van der Waals surface area contributed by atoms with Crippen LogP contribution in [0.4, 0.5) is 4.39 Å². The highest BCUT2D eigenvalue weighted by Crippen LogP contribution is 2.25. The monoisotopic (exact) mass is 359 g/mol. The number of carbonyl (C=O) groups is 2. The van der Waals surface area contributed by atoms with E-state index in [1.807, 2.05) is 25.7 Å². The molecular formula is C20H26FN3O2. The lowest BCUT2D eigenvalue weighted by Gasteiger charge is -2.31. The molecule has 1 aromatic carbocycles. The lowest BCUT2D eigenvalue weighted by molar-refractivity contribution is -0.135. The van der Waals surface area contributed by atoms with E-state index in [9.17, 15) is 14.0 Å². The quantitative estimate of drug-likeness (QED) is 0.882. The summed E-state index contributed by atoms with van der Waals surface area (Å²) in [5, 5.41) is 3.71. The molecule has 0 bridgehead atoms. The first-order valence-corrected chi connectivity index (χ1v) is 9.20. The van der Waals surface area contributed by atoms with Gasteiger partial charge in [-0.2, -0.15) is 0 Å². The zero-order valence-electron chi connectivity index (χ0n) is 15.6. The minimum atomic E-state index is -0.304. The second-order valence-corrected chi connectivity index (χ2v) is 7.41. The van der Waals surface area contributed by atoms with E-state index in [2.05, 4.69) is 10.3 Å². The van der Waals surface area contributed by atoms with Crippen LogP contribution in [0.1, 0.15) is 37.9 Å². The van der Waals surface area contributed by atoms with E-state index in [0.29, 0.717) is 25.9 Å². The molecule has 0 atom stereocenters. The molecular weight excluding hydrogens is 333 g/mol. The Kier molecular flexibility index (Phi) is 5.30. The molecule has 5 nitrogen and oxygen atoms in total. The van der Waals surface area contributed by atoms with E-state index < -0.39 is 0 Å². The van der Waals surface area contributed by atoms with Gasteiger partial charge in [0, 0.05) is 41.6 Å². The second kappa shape index (κ2) is 7.48. The predicted molar refractivity (Wildman–Crippen MR) is 99.3 cm³/mol. The third kappa shape index (κ3) is 3.89. The summed E-state index contributed by atoms with van der Waals surface area (Å²) in [5.41, 5.74) is 2.59. The summed E-state index contributed by atoms with van der Waals surface area (Å²) in [4.78, 5) is 29.9. The molecule has 1 aromatic heterocycles. The smallest absolute Gasteiger partial charge is 0.227 e. The lowest BCUT2D eigenvalue weighted by atomic mass is 9.95. The Morgan fingerprint density at radius 1 is 1.31 bits per heavy atom. The number of aromatic nitrogens is 1. The number of amides is 2. The Labute approximate surface area is 152 Å². The molecule has 2 amide bonds. The van der Waals surface area contributed by atoms with E-state index in [1.165, 1.54) is 12.1 Å². The molecule has 2 aromatic rings. The first-order valence-electron chi connectivity index (χ1n) is 9.20. The van der Waals surface area contributed by atoms with Gasteiger partial charge in [0.05, 0.1) is 6.42 Å². The van der Waals surface area contributed by atoms with Crippen LogP contribution in [0.25, 0.3) is 10.9 Å². The Balaban J connectivity index is 1.64. The SMILES string of the molecule is Cc1[nH]c2ccc(F)cc2c1CC(=O)N1CCC(C(=O)NC(C)C)CC1. The number of halogens is 1. The Hall–Kier alpha value is -2.37. The number of hydrogen-bond acceptors (Lipinski definition) is 2. The Morgan fingerprint density at radius 2 is 2.00 bits per heavy atom. The molecule has 2 N–H and O–H groups in total. The molecule has 0 spiro atoms. The van der Waals surface area contributed by atoms with Gasteiger partial charge in [0.25, 0.3) is 0 Å². The van der Waals surface area contributed by atoms with Crippen molar-refractivity contribution in [3.63, 3.8) is 0 Å². The molecule has 0 aliphatic carbocycles. The normalized spacial score (nSPS) is 15.7. The van der Waals surface area contributed by atoms with Gasteiger partial charge in [0.15, 0.2) is 0 Å². The van der Waals surface area contributed by atoms with Crippen molar-refractivity contribution in [2.45, 2.75) is 46.1 Å².